The molecule has 3 heteroatoms. The van der Waals surface area contributed by atoms with Crippen molar-refractivity contribution in [3.05, 3.63) is 35.9 Å². The molecule has 1 aromatic rings. The first-order chi connectivity index (χ1) is 7.27. The first-order valence-corrected chi connectivity index (χ1v) is 5.23. The van der Waals surface area contributed by atoms with Gasteiger partial charge < -0.3 is 10.5 Å². The first-order valence-electron chi connectivity index (χ1n) is 5.23. The molecule has 0 saturated heterocycles. The molecule has 0 spiro atoms. The van der Waals surface area contributed by atoms with E-state index in [1.165, 1.54) is 0 Å². The molecule has 0 heterocycles. The Morgan fingerprint density at radius 3 is 2.67 bits per heavy atom. The van der Waals surface area contributed by atoms with Gasteiger partial charge in [-0.25, -0.2) is 0 Å². The van der Waals surface area contributed by atoms with E-state index < -0.39 is 6.04 Å². The molecule has 3 nitrogen and oxygen atoms in total. The van der Waals surface area contributed by atoms with Gasteiger partial charge in [-0.3, -0.25) is 4.79 Å². The van der Waals surface area contributed by atoms with E-state index in [4.69, 9.17) is 10.5 Å². The van der Waals surface area contributed by atoms with E-state index >= 15 is 0 Å². The summed E-state index contributed by atoms with van der Waals surface area (Å²) in [7, 11) is 0. The van der Waals surface area contributed by atoms with Crippen LogP contribution in [0.5, 0.6) is 0 Å². The molecule has 1 aromatic carbocycles. The van der Waals surface area contributed by atoms with Crippen LogP contribution in [0.25, 0.3) is 0 Å². The average Bonchev–Trinajstić information content (AvgIpc) is 3.10. The number of carbonyl (C=O) groups is 1. The van der Waals surface area contributed by atoms with Crippen LogP contribution in [-0.4, -0.2) is 12.0 Å². The van der Waals surface area contributed by atoms with Gasteiger partial charge >= 0.3 is 5.97 Å². The number of esters is 1. The highest BCUT2D eigenvalue weighted by atomic mass is 16.5. The smallest absolute Gasteiger partial charge is 0.323 e. The standard InChI is InChI=1S/C12H15NO2/c13-11(10-6-7-10)12(14)15-8-9-4-2-1-3-5-9/h1-5,10-11H,6-8,13H2/t11-/m0/s1. The molecule has 1 aliphatic carbocycles. The molecule has 0 amide bonds. The van der Waals surface area contributed by atoms with Crippen molar-refractivity contribution in [3.8, 4) is 0 Å². The zero-order valence-electron chi connectivity index (χ0n) is 8.56. The van der Waals surface area contributed by atoms with Crippen LogP contribution in [0.1, 0.15) is 18.4 Å². The molecule has 0 unspecified atom stereocenters. The highest BCUT2D eigenvalue weighted by Gasteiger charge is 2.34. The summed E-state index contributed by atoms with van der Waals surface area (Å²) in [6.45, 7) is 0.320. The van der Waals surface area contributed by atoms with Crippen molar-refractivity contribution in [2.75, 3.05) is 0 Å². The van der Waals surface area contributed by atoms with E-state index in [0.29, 0.717) is 12.5 Å². The van der Waals surface area contributed by atoms with Crippen molar-refractivity contribution in [3.63, 3.8) is 0 Å². The number of ether oxygens (including phenoxy) is 1. The fourth-order valence-electron chi connectivity index (χ4n) is 1.47. The summed E-state index contributed by atoms with van der Waals surface area (Å²) in [5, 5.41) is 0. The number of nitrogens with two attached hydrogens (primary N) is 1. The van der Waals surface area contributed by atoms with Gasteiger partial charge in [0.15, 0.2) is 0 Å². The second-order valence-corrected chi connectivity index (χ2v) is 3.96. The molecule has 0 bridgehead atoms. The molecule has 1 fully saturated rings. The van der Waals surface area contributed by atoms with E-state index in [9.17, 15) is 4.79 Å². The maximum atomic E-state index is 11.5. The average molecular weight is 205 g/mol. The second kappa shape index (κ2) is 4.45. The predicted octanol–water partition coefficient (Wildman–Crippen LogP) is 1.47. The molecule has 1 atom stereocenters. The molecule has 2 N–H and O–H groups in total. The van der Waals surface area contributed by atoms with Crippen molar-refractivity contribution in [1.82, 2.24) is 0 Å². The zero-order chi connectivity index (χ0) is 10.7. The second-order valence-electron chi connectivity index (χ2n) is 3.96. The third-order valence-corrected chi connectivity index (χ3v) is 2.63. The molecule has 80 valence electrons. The Bertz CT molecular complexity index is 333. The Hall–Kier alpha value is -1.35. The normalized spacial score (nSPS) is 17.1. The minimum Gasteiger partial charge on any atom is -0.460 e. The lowest BCUT2D eigenvalue weighted by Crippen LogP contribution is -2.34. The maximum Gasteiger partial charge on any atom is 0.323 e. The Morgan fingerprint density at radius 2 is 2.07 bits per heavy atom. The lowest BCUT2D eigenvalue weighted by Gasteiger charge is -2.10. The van der Waals surface area contributed by atoms with Crippen molar-refractivity contribution in [1.29, 1.82) is 0 Å². The Morgan fingerprint density at radius 1 is 1.40 bits per heavy atom. The van der Waals surface area contributed by atoms with Gasteiger partial charge in [-0.05, 0) is 24.3 Å². The lowest BCUT2D eigenvalue weighted by atomic mass is 10.2. The summed E-state index contributed by atoms with van der Waals surface area (Å²) in [4.78, 5) is 11.5. The van der Waals surface area contributed by atoms with Crippen molar-refractivity contribution in [2.45, 2.75) is 25.5 Å². The highest BCUT2D eigenvalue weighted by Crippen LogP contribution is 2.32. The molecule has 15 heavy (non-hydrogen) atoms. The maximum absolute atomic E-state index is 11.5. The van der Waals surface area contributed by atoms with Crippen LogP contribution in [0.4, 0.5) is 0 Å². The van der Waals surface area contributed by atoms with Crippen LogP contribution >= 0.6 is 0 Å². The predicted molar refractivity (Wildman–Crippen MR) is 56.9 cm³/mol. The number of rotatable bonds is 4. The summed E-state index contributed by atoms with van der Waals surface area (Å²) in [5.41, 5.74) is 6.71. The van der Waals surface area contributed by atoms with Crippen LogP contribution in [-0.2, 0) is 16.1 Å². The van der Waals surface area contributed by atoms with Gasteiger partial charge in [0.25, 0.3) is 0 Å². The van der Waals surface area contributed by atoms with Gasteiger partial charge in [0, 0.05) is 0 Å². The van der Waals surface area contributed by atoms with E-state index in [0.717, 1.165) is 18.4 Å². The quantitative estimate of drug-likeness (QED) is 0.757. The van der Waals surface area contributed by atoms with Gasteiger partial charge in [0.2, 0.25) is 0 Å². The summed E-state index contributed by atoms with van der Waals surface area (Å²) >= 11 is 0. The van der Waals surface area contributed by atoms with Crippen LogP contribution in [0.2, 0.25) is 0 Å². The van der Waals surface area contributed by atoms with Crippen molar-refractivity contribution in [2.24, 2.45) is 11.7 Å². The zero-order valence-corrected chi connectivity index (χ0v) is 8.56. The van der Waals surface area contributed by atoms with Gasteiger partial charge in [0.1, 0.15) is 12.6 Å². The van der Waals surface area contributed by atoms with Crippen molar-refractivity contribution >= 4 is 5.97 Å². The lowest BCUT2D eigenvalue weighted by molar-refractivity contribution is -0.147. The van der Waals surface area contributed by atoms with Crippen LogP contribution in [0.15, 0.2) is 30.3 Å². The first kappa shape index (κ1) is 10.2. The number of hydrogen-bond acceptors (Lipinski definition) is 3. The van der Waals surface area contributed by atoms with Gasteiger partial charge in [0.05, 0.1) is 0 Å². The number of hydrogen-bond donors (Lipinski definition) is 1. The Kier molecular flexibility index (Phi) is 3.02. The molecular weight excluding hydrogens is 190 g/mol. The van der Waals surface area contributed by atoms with E-state index in [2.05, 4.69) is 0 Å². The monoisotopic (exact) mass is 205 g/mol. The summed E-state index contributed by atoms with van der Waals surface area (Å²) in [5.74, 6) is 0.0784. The van der Waals surface area contributed by atoms with Crippen molar-refractivity contribution < 1.29 is 9.53 Å². The molecular formula is C12H15NO2. The van der Waals surface area contributed by atoms with Crippen LogP contribution < -0.4 is 5.73 Å². The Labute approximate surface area is 89.2 Å². The third-order valence-electron chi connectivity index (χ3n) is 2.63. The molecule has 1 saturated carbocycles. The van der Waals surface area contributed by atoms with E-state index in [1.54, 1.807) is 0 Å². The van der Waals surface area contributed by atoms with Gasteiger partial charge in [-0.1, -0.05) is 30.3 Å². The van der Waals surface area contributed by atoms with E-state index in [1.807, 2.05) is 30.3 Å². The molecule has 0 aromatic heterocycles. The van der Waals surface area contributed by atoms with E-state index in [-0.39, 0.29) is 5.97 Å². The number of benzene rings is 1. The molecule has 1 aliphatic rings. The van der Waals surface area contributed by atoms with Gasteiger partial charge in [-0.15, -0.1) is 0 Å². The Balaban J connectivity index is 1.80. The summed E-state index contributed by atoms with van der Waals surface area (Å²) < 4.78 is 5.13. The van der Waals surface area contributed by atoms with Gasteiger partial charge in [-0.2, -0.15) is 0 Å². The number of carbonyl (C=O) groups excluding carboxylic acids is 1. The fourth-order valence-corrected chi connectivity index (χ4v) is 1.47. The fraction of sp³-hybridized carbons (Fsp3) is 0.417. The largest absolute Gasteiger partial charge is 0.460 e. The highest BCUT2D eigenvalue weighted by molar-refractivity contribution is 5.76. The minimum atomic E-state index is -0.422. The topological polar surface area (TPSA) is 52.3 Å². The van der Waals surface area contributed by atoms with Crippen LogP contribution in [0.3, 0.4) is 0 Å². The minimum absolute atomic E-state index is 0.277. The summed E-state index contributed by atoms with van der Waals surface area (Å²) in [6.07, 6.45) is 2.11. The third kappa shape index (κ3) is 2.80. The SMILES string of the molecule is N[C@H](C(=O)OCc1ccccc1)C1CC1. The van der Waals surface area contributed by atoms with Crippen LogP contribution in [0, 0.1) is 5.92 Å². The molecule has 0 radical (unpaired) electrons. The summed E-state index contributed by atoms with van der Waals surface area (Å²) in [6, 6.07) is 9.20. The molecule has 0 aliphatic heterocycles. The molecule has 2 rings (SSSR count).